The van der Waals surface area contributed by atoms with E-state index in [1.54, 1.807) is 38.6 Å². The summed E-state index contributed by atoms with van der Waals surface area (Å²) in [6.07, 6.45) is 1.80. The largest absolute Gasteiger partial charge is 0.505 e. The number of nitrogens with one attached hydrogen (secondary N) is 2. The molecule has 0 bridgehead atoms. The molecule has 2 aromatic heterocycles. The van der Waals surface area contributed by atoms with E-state index in [4.69, 9.17) is 4.42 Å². The predicted octanol–water partition coefficient (Wildman–Crippen LogP) is 5.60. The second-order valence-corrected chi connectivity index (χ2v) is 9.90. The third kappa shape index (κ3) is 5.04. The van der Waals surface area contributed by atoms with Gasteiger partial charge >= 0.3 is 0 Å². The summed E-state index contributed by atoms with van der Waals surface area (Å²) in [6, 6.07) is 6.89. The molecule has 1 atom stereocenters. The number of carbonyl (C=O) groups is 1. The van der Waals surface area contributed by atoms with Crippen molar-refractivity contribution in [3.63, 3.8) is 0 Å². The van der Waals surface area contributed by atoms with Crippen molar-refractivity contribution in [1.29, 1.82) is 0 Å². The van der Waals surface area contributed by atoms with Crippen LogP contribution in [0.1, 0.15) is 68.3 Å². The molecule has 0 radical (unpaired) electrons. The monoisotopic (exact) mass is 457 g/mol. The number of phenolic OH excluding ortho intramolecular Hbond substituents is 1. The number of amides is 1. The number of nitrogens with zero attached hydrogens (tertiary/aromatic N) is 3. The van der Waals surface area contributed by atoms with Crippen LogP contribution in [0.25, 0.3) is 0 Å². The molecule has 1 amide bonds. The van der Waals surface area contributed by atoms with E-state index in [1.807, 2.05) is 0 Å². The van der Waals surface area contributed by atoms with Crippen molar-refractivity contribution in [2.45, 2.75) is 46.6 Å². The normalized spacial score (nSPS) is 12.6. The SMILES string of the molecule is CC(C)c1coc([C@H](Nc2nsnc2Nc2cccc(C(=O)N(C)C)c2O)C(C)(C)C)c1. The van der Waals surface area contributed by atoms with E-state index in [0.29, 0.717) is 23.2 Å². The standard InChI is InChI=1S/C23H31N5O3S/c1-13(2)14-11-17(31-12-14)19(23(3,4)5)25-21-20(26-32-27-21)24-16-10-8-9-15(18(16)29)22(30)28(6)7/h8-13,19,29H,1-7H3,(H,24,26)(H,25,27)/t19-/m0/s1. The van der Waals surface area contributed by atoms with Crippen LogP contribution in [0.15, 0.2) is 34.9 Å². The van der Waals surface area contributed by atoms with Crippen LogP contribution in [0.2, 0.25) is 0 Å². The van der Waals surface area contributed by atoms with E-state index >= 15 is 0 Å². The van der Waals surface area contributed by atoms with Crippen molar-refractivity contribution in [3.8, 4) is 5.75 Å². The molecular formula is C23H31N5O3S. The molecule has 0 fully saturated rings. The molecule has 0 aliphatic carbocycles. The van der Waals surface area contributed by atoms with E-state index < -0.39 is 0 Å². The number of rotatable bonds is 7. The molecule has 0 aliphatic rings. The van der Waals surface area contributed by atoms with Crippen molar-refractivity contribution >= 4 is 35.0 Å². The van der Waals surface area contributed by atoms with Crippen LogP contribution in [-0.2, 0) is 0 Å². The van der Waals surface area contributed by atoms with Crippen LogP contribution in [0, 0.1) is 5.41 Å². The van der Waals surface area contributed by atoms with Crippen LogP contribution < -0.4 is 10.6 Å². The Morgan fingerprint density at radius 3 is 2.47 bits per heavy atom. The molecule has 9 heteroatoms. The number of aromatic hydroxyl groups is 1. The molecule has 2 heterocycles. The Morgan fingerprint density at radius 1 is 1.19 bits per heavy atom. The predicted molar refractivity (Wildman–Crippen MR) is 128 cm³/mol. The van der Waals surface area contributed by atoms with Crippen molar-refractivity contribution in [1.82, 2.24) is 13.6 Å². The third-order valence-electron chi connectivity index (χ3n) is 5.15. The topological polar surface area (TPSA) is 104 Å². The first kappa shape index (κ1) is 23.6. The Labute approximate surface area is 193 Å². The third-order valence-corrected chi connectivity index (χ3v) is 5.68. The summed E-state index contributed by atoms with van der Waals surface area (Å²) in [5.41, 5.74) is 1.55. The molecule has 8 nitrogen and oxygen atoms in total. The van der Waals surface area contributed by atoms with Gasteiger partial charge in [-0.2, -0.15) is 8.75 Å². The molecule has 3 N–H and O–H groups in total. The Balaban J connectivity index is 1.89. The highest BCUT2D eigenvalue weighted by molar-refractivity contribution is 6.99. The lowest BCUT2D eigenvalue weighted by Crippen LogP contribution is -2.26. The average molecular weight is 458 g/mol. The minimum Gasteiger partial charge on any atom is -0.505 e. The van der Waals surface area contributed by atoms with Gasteiger partial charge in [-0.15, -0.1) is 0 Å². The maximum Gasteiger partial charge on any atom is 0.257 e. The Bertz CT molecular complexity index is 1080. The van der Waals surface area contributed by atoms with Gasteiger partial charge in [0.2, 0.25) is 0 Å². The molecule has 0 unspecified atom stereocenters. The first-order valence-corrected chi connectivity index (χ1v) is 11.2. The fourth-order valence-electron chi connectivity index (χ4n) is 3.22. The highest BCUT2D eigenvalue weighted by Crippen LogP contribution is 2.40. The molecule has 1 aromatic carbocycles. The fourth-order valence-corrected chi connectivity index (χ4v) is 3.70. The van der Waals surface area contributed by atoms with Crippen LogP contribution in [0.5, 0.6) is 5.75 Å². The zero-order valence-corrected chi connectivity index (χ0v) is 20.4. The van der Waals surface area contributed by atoms with E-state index in [1.165, 1.54) is 4.90 Å². The quantitative estimate of drug-likeness (QED) is 0.396. The molecule has 0 aliphatic heterocycles. The van der Waals surface area contributed by atoms with Crippen LogP contribution in [-0.4, -0.2) is 38.8 Å². The molecular weight excluding hydrogens is 426 g/mol. The van der Waals surface area contributed by atoms with Crippen LogP contribution in [0.3, 0.4) is 0 Å². The number of carbonyl (C=O) groups excluding carboxylic acids is 1. The van der Waals surface area contributed by atoms with Gasteiger partial charge in [0, 0.05) is 14.1 Å². The van der Waals surface area contributed by atoms with Crippen molar-refractivity contribution in [2.24, 2.45) is 5.41 Å². The van der Waals surface area contributed by atoms with Gasteiger partial charge < -0.3 is 25.1 Å². The molecule has 0 saturated carbocycles. The summed E-state index contributed by atoms with van der Waals surface area (Å²) < 4.78 is 14.6. The van der Waals surface area contributed by atoms with Gasteiger partial charge in [-0.1, -0.05) is 40.7 Å². The van der Waals surface area contributed by atoms with Gasteiger partial charge in [0.25, 0.3) is 5.91 Å². The molecule has 32 heavy (non-hydrogen) atoms. The zero-order valence-electron chi connectivity index (χ0n) is 19.6. The second kappa shape index (κ2) is 9.20. The van der Waals surface area contributed by atoms with Gasteiger partial charge in [0.1, 0.15) is 5.76 Å². The number of furan rings is 1. The Hall–Kier alpha value is -3.07. The molecule has 3 rings (SSSR count). The minimum atomic E-state index is -0.285. The van der Waals surface area contributed by atoms with E-state index in [0.717, 1.165) is 23.1 Å². The summed E-state index contributed by atoms with van der Waals surface area (Å²) >= 11 is 1.05. The van der Waals surface area contributed by atoms with Crippen molar-refractivity contribution in [3.05, 3.63) is 47.4 Å². The van der Waals surface area contributed by atoms with Crippen LogP contribution in [0.4, 0.5) is 17.3 Å². The van der Waals surface area contributed by atoms with Crippen molar-refractivity contribution in [2.75, 3.05) is 24.7 Å². The fraction of sp³-hybridized carbons (Fsp3) is 0.435. The Morgan fingerprint density at radius 2 is 1.88 bits per heavy atom. The zero-order chi connectivity index (χ0) is 23.6. The lowest BCUT2D eigenvalue weighted by molar-refractivity contribution is 0.0824. The number of para-hydroxylation sites is 1. The summed E-state index contributed by atoms with van der Waals surface area (Å²) in [5.74, 6) is 1.77. The average Bonchev–Trinajstić information content (AvgIpc) is 3.35. The summed E-state index contributed by atoms with van der Waals surface area (Å²) in [6.45, 7) is 10.6. The van der Waals surface area contributed by atoms with E-state index in [2.05, 4.69) is 60.1 Å². The van der Waals surface area contributed by atoms with Gasteiger partial charge in [-0.3, -0.25) is 4.79 Å². The number of hydrogen-bond acceptors (Lipinski definition) is 8. The maximum absolute atomic E-state index is 12.3. The lowest BCUT2D eigenvalue weighted by atomic mass is 9.85. The summed E-state index contributed by atoms with van der Waals surface area (Å²) in [5, 5.41) is 17.2. The molecule has 0 spiro atoms. The minimum absolute atomic E-state index is 0.134. The highest BCUT2D eigenvalue weighted by Gasteiger charge is 2.31. The molecule has 3 aromatic rings. The highest BCUT2D eigenvalue weighted by atomic mass is 32.1. The summed E-state index contributed by atoms with van der Waals surface area (Å²) in [7, 11) is 3.28. The molecule has 172 valence electrons. The Kier molecular flexibility index (Phi) is 6.78. The number of phenols is 1. The maximum atomic E-state index is 12.3. The lowest BCUT2D eigenvalue weighted by Gasteiger charge is -2.30. The van der Waals surface area contributed by atoms with Crippen LogP contribution >= 0.6 is 11.7 Å². The van der Waals surface area contributed by atoms with Gasteiger partial charge in [-0.05, 0) is 35.1 Å². The van der Waals surface area contributed by atoms with E-state index in [9.17, 15) is 9.90 Å². The number of anilines is 3. The van der Waals surface area contributed by atoms with Gasteiger partial charge in [0.05, 0.1) is 35.3 Å². The smallest absolute Gasteiger partial charge is 0.257 e. The van der Waals surface area contributed by atoms with Crippen molar-refractivity contribution < 1.29 is 14.3 Å². The molecule has 0 saturated heterocycles. The first-order valence-electron chi connectivity index (χ1n) is 10.5. The second-order valence-electron chi connectivity index (χ2n) is 9.37. The first-order chi connectivity index (χ1) is 15.0. The van der Waals surface area contributed by atoms with E-state index in [-0.39, 0.29) is 28.7 Å². The summed E-state index contributed by atoms with van der Waals surface area (Å²) in [4.78, 5) is 13.8. The number of benzene rings is 1. The number of hydrogen-bond donors (Lipinski definition) is 3. The van der Waals surface area contributed by atoms with Gasteiger partial charge in [0.15, 0.2) is 17.4 Å². The van der Waals surface area contributed by atoms with Gasteiger partial charge in [-0.25, -0.2) is 0 Å². The number of aromatic nitrogens is 2.